The summed E-state index contributed by atoms with van der Waals surface area (Å²) in [7, 11) is 9.75. The third-order valence-electron chi connectivity index (χ3n) is 1.19. The van der Waals surface area contributed by atoms with Crippen LogP contribution in [-0.4, -0.2) is 40.3 Å². The second-order valence-electron chi connectivity index (χ2n) is 2.29. The molecule has 0 aliphatic heterocycles. The van der Waals surface area contributed by atoms with Crippen LogP contribution in [0.4, 0.5) is 14.4 Å². The van der Waals surface area contributed by atoms with E-state index < -0.39 is 34.7 Å². The SMILES string of the molecule is CCOC(=O)N(Cl)C(=O)N(Cl)C(=O)OCC.[Cl][Pt][Cl]. The molecule has 12 heteroatoms. The van der Waals surface area contributed by atoms with Crippen LogP contribution in [0.1, 0.15) is 13.8 Å². The van der Waals surface area contributed by atoms with Gasteiger partial charge in [0.1, 0.15) is 0 Å². The number of imide groups is 2. The van der Waals surface area contributed by atoms with Crippen molar-refractivity contribution in [3.05, 3.63) is 0 Å². The molecule has 4 amide bonds. The second-order valence-corrected chi connectivity index (χ2v) is 6.25. The van der Waals surface area contributed by atoms with E-state index in [1.807, 2.05) is 0 Å². The Balaban J connectivity index is 0. The first-order valence-electron chi connectivity index (χ1n) is 4.48. The Hall–Kier alpha value is 0.0583. The fourth-order valence-corrected chi connectivity index (χ4v) is 0.881. The van der Waals surface area contributed by atoms with Crippen LogP contribution in [0.2, 0.25) is 0 Å². The van der Waals surface area contributed by atoms with Crippen molar-refractivity contribution >= 4 is 60.6 Å². The van der Waals surface area contributed by atoms with Crippen LogP contribution in [0.25, 0.3) is 0 Å². The Bertz CT molecular complexity index is 283. The van der Waals surface area contributed by atoms with Crippen LogP contribution < -0.4 is 0 Å². The summed E-state index contributed by atoms with van der Waals surface area (Å²) in [6.45, 7) is 3.10. The van der Waals surface area contributed by atoms with Gasteiger partial charge in [0.05, 0.1) is 13.2 Å². The monoisotopic (exact) mass is 537 g/mol. The minimum absolute atomic E-state index is 0.0248. The topological polar surface area (TPSA) is 76.2 Å². The molecular formula is C7H10Cl4N2O5Pt. The summed E-state index contributed by atoms with van der Waals surface area (Å²) >= 11 is 10.1. The summed E-state index contributed by atoms with van der Waals surface area (Å²) in [6, 6.07) is -1.28. The van der Waals surface area contributed by atoms with Gasteiger partial charge in [-0.05, 0) is 13.8 Å². The summed E-state index contributed by atoms with van der Waals surface area (Å²) in [5, 5.41) is 0. The third kappa shape index (κ3) is 9.57. The van der Waals surface area contributed by atoms with Crippen LogP contribution in [0.15, 0.2) is 0 Å². The van der Waals surface area contributed by atoms with Gasteiger partial charge >= 0.3 is 53.5 Å². The van der Waals surface area contributed by atoms with E-state index in [0.29, 0.717) is 0 Å². The average molecular weight is 539 g/mol. The number of hydrogen-bond donors (Lipinski definition) is 0. The molecule has 0 saturated heterocycles. The number of halogens is 4. The maximum atomic E-state index is 11.3. The molecule has 7 nitrogen and oxygen atoms in total. The second kappa shape index (κ2) is 13.1. The number of rotatable bonds is 2. The van der Waals surface area contributed by atoms with Gasteiger partial charge in [-0.2, -0.15) is 0 Å². The van der Waals surface area contributed by atoms with Crippen molar-refractivity contribution in [1.82, 2.24) is 8.84 Å². The van der Waals surface area contributed by atoms with E-state index in [4.69, 9.17) is 42.4 Å². The molecule has 0 unspecified atom stereocenters. The molecule has 0 spiro atoms. The Kier molecular flexibility index (Phi) is 14.7. The van der Waals surface area contributed by atoms with Crippen molar-refractivity contribution in [2.45, 2.75) is 13.8 Å². The van der Waals surface area contributed by atoms with Gasteiger partial charge in [0.2, 0.25) is 0 Å². The number of amides is 4. The van der Waals surface area contributed by atoms with Gasteiger partial charge in [-0.3, -0.25) is 0 Å². The van der Waals surface area contributed by atoms with Crippen molar-refractivity contribution in [3.63, 3.8) is 0 Å². The molecule has 19 heavy (non-hydrogen) atoms. The molecule has 0 rings (SSSR count). The predicted octanol–water partition coefficient (Wildman–Crippen LogP) is 3.71. The van der Waals surface area contributed by atoms with Crippen molar-refractivity contribution in [3.8, 4) is 0 Å². The third-order valence-corrected chi connectivity index (χ3v) is 1.76. The van der Waals surface area contributed by atoms with Crippen molar-refractivity contribution in [2.24, 2.45) is 0 Å². The zero-order valence-corrected chi connectivity index (χ0v) is 15.0. The standard InChI is InChI=1S/C7H10Cl2N2O5.2ClH.Pt/c1-3-15-6(13)10(8)5(12)11(9)7(14)16-4-2;;;/h3-4H2,1-2H3;2*1H;/q;;;+2/p-2. The van der Waals surface area contributed by atoms with Crippen LogP contribution in [0, 0.1) is 0 Å². The molecule has 0 aromatic heterocycles. The molecule has 0 N–H and O–H groups in total. The number of ether oxygens (including phenoxy) is 2. The van der Waals surface area contributed by atoms with Crippen LogP contribution in [-0.2, 0) is 26.0 Å². The molecule has 0 bridgehead atoms. The molecule has 0 aromatic carbocycles. The van der Waals surface area contributed by atoms with E-state index >= 15 is 0 Å². The fraction of sp³-hybridized carbons (Fsp3) is 0.571. The quantitative estimate of drug-likeness (QED) is 0.501. The normalized spacial score (nSPS) is 8.95. The van der Waals surface area contributed by atoms with Crippen LogP contribution in [0.3, 0.4) is 0 Å². The average Bonchev–Trinajstić information content (AvgIpc) is 2.37. The number of nitrogens with zero attached hydrogens (tertiary/aromatic N) is 2. The molecule has 0 fully saturated rings. The first-order chi connectivity index (χ1) is 8.87. The molecular weight excluding hydrogens is 529 g/mol. The summed E-state index contributed by atoms with van der Waals surface area (Å²) in [6.07, 6.45) is -2.27. The van der Waals surface area contributed by atoms with E-state index in [9.17, 15) is 14.4 Å². The number of carbonyl (C=O) groups excluding carboxylic acids is 3. The van der Waals surface area contributed by atoms with Crippen molar-refractivity contribution in [1.29, 1.82) is 0 Å². The molecule has 0 aliphatic rings. The van der Waals surface area contributed by atoms with Crippen LogP contribution >= 0.6 is 42.4 Å². The van der Waals surface area contributed by atoms with E-state index in [2.05, 4.69) is 9.47 Å². The molecule has 0 atom stereocenters. The number of hydrogen-bond acceptors (Lipinski definition) is 5. The molecule has 0 aliphatic carbocycles. The Labute approximate surface area is 136 Å². The molecule has 0 heterocycles. The molecule has 0 radical (unpaired) electrons. The molecule has 0 aromatic rings. The van der Waals surface area contributed by atoms with Gasteiger partial charge in [-0.1, -0.05) is 0 Å². The van der Waals surface area contributed by atoms with Gasteiger partial charge in [-0.15, -0.1) is 8.84 Å². The first kappa shape index (κ1) is 21.4. The summed E-state index contributed by atoms with van der Waals surface area (Å²) in [4.78, 5) is 33.2. The Morgan fingerprint density at radius 3 is 1.42 bits per heavy atom. The van der Waals surface area contributed by atoms with Crippen molar-refractivity contribution < 1.29 is 40.3 Å². The summed E-state index contributed by atoms with van der Waals surface area (Å²) in [5.74, 6) is 0. The number of urea groups is 1. The first-order valence-corrected chi connectivity index (χ1v) is 10.8. The van der Waals surface area contributed by atoms with Gasteiger partial charge in [0.15, 0.2) is 0 Å². The van der Waals surface area contributed by atoms with Gasteiger partial charge in [0.25, 0.3) is 0 Å². The van der Waals surface area contributed by atoms with E-state index in [1.54, 1.807) is 0 Å². The fourth-order valence-electron chi connectivity index (χ4n) is 0.594. The molecule has 116 valence electrons. The summed E-state index contributed by atoms with van der Waals surface area (Å²) < 4.78 is 8.89. The Morgan fingerprint density at radius 1 is 0.947 bits per heavy atom. The van der Waals surface area contributed by atoms with E-state index in [0.717, 1.165) is 0 Å². The zero-order valence-electron chi connectivity index (χ0n) is 9.68. The Morgan fingerprint density at radius 2 is 1.21 bits per heavy atom. The van der Waals surface area contributed by atoms with Gasteiger partial charge < -0.3 is 9.47 Å². The molecule has 0 saturated carbocycles. The van der Waals surface area contributed by atoms with E-state index in [1.165, 1.54) is 13.8 Å². The van der Waals surface area contributed by atoms with Crippen molar-refractivity contribution in [2.75, 3.05) is 13.2 Å². The minimum atomic E-state index is -1.28. The van der Waals surface area contributed by atoms with Gasteiger partial charge in [0, 0.05) is 23.6 Å². The van der Waals surface area contributed by atoms with E-state index in [-0.39, 0.29) is 22.1 Å². The summed E-state index contributed by atoms with van der Waals surface area (Å²) in [5.41, 5.74) is 0. The zero-order chi connectivity index (χ0) is 15.4. The number of carbonyl (C=O) groups is 3. The van der Waals surface area contributed by atoms with Crippen LogP contribution in [0.5, 0.6) is 0 Å². The maximum absolute atomic E-state index is 11.3. The van der Waals surface area contributed by atoms with Gasteiger partial charge in [-0.25, -0.2) is 14.4 Å². The predicted molar refractivity (Wildman–Crippen MR) is 66.5 cm³/mol.